The smallest absolute Gasteiger partial charge is 0.317 e. The topological polar surface area (TPSA) is 43.4 Å². The van der Waals surface area contributed by atoms with Gasteiger partial charge in [0.25, 0.3) is 0 Å². The number of hydrogen-bond donors (Lipinski definition) is 0. The highest BCUT2D eigenvalue weighted by atomic mass is 16.5. The van der Waals surface area contributed by atoms with Crippen LogP contribution in [0.15, 0.2) is 11.6 Å². The second kappa shape index (κ2) is 4.81. The Hall–Kier alpha value is -1.12. The molecule has 3 nitrogen and oxygen atoms in total. The highest BCUT2D eigenvalue weighted by Crippen LogP contribution is 2.39. The average Bonchev–Trinajstić information content (AvgIpc) is 2.43. The Morgan fingerprint density at radius 1 is 1.44 bits per heavy atom. The number of allylic oxidation sites excluding steroid dienone is 2. The molecule has 0 bridgehead atoms. The van der Waals surface area contributed by atoms with Gasteiger partial charge in [-0.2, -0.15) is 0 Å². The summed E-state index contributed by atoms with van der Waals surface area (Å²) < 4.78 is 4.99. The van der Waals surface area contributed by atoms with E-state index in [0.717, 1.165) is 25.7 Å². The number of fused-ring (bicyclic) bond motifs is 1. The molecule has 0 spiro atoms. The third-order valence-corrected chi connectivity index (χ3v) is 3.53. The van der Waals surface area contributed by atoms with E-state index in [1.807, 2.05) is 0 Å². The largest absolute Gasteiger partial charge is 0.465 e. The van der Waals surface area contributed by atoms with Crippen LogP contribution >= 0.6 is 0 Å². The van der Waals surface area contributed by atoms with E-state index in [0.29, 0.717) is 6.61 Å². The van der Waals surface area contributed by atoms with Crippen LogP contribution < -0.4 is 0 Å². The lowest BCUT2D eigenvalue weighted by atomic mass is 9.87. The maximum Gasteiger partial charge on any atom is 0.317 e. The van der Waals surface area contributed by atoms with E-state index >= 15 is 0 Å². The van der Waals surface area contributed by atoms with Gasteiger partial charge in [-0.15, -0.1) is 0 Å². The van der Waals surface area contributed by atoms with Crippen LogP contribution in [0.3, 0.4) is 0 Å². The van der Waals surface area contributed by atoms with Gasteiger partial charge in [-0.3, -0.25) is 9.59 Å². The molecule has 2 atom stereocenters. The van der Waals surface area contributed by atoms with E-state index in [1.165, 1.54) is 12.0 Å². The first-order valence-electron chi connectivity index (χ1n) is 6.15. The molecule has 16 heavy (non-hydrogen) atoms. The summed E-state index contributed by atoms with van der Waals surface area (Å²) in [5.41, 5.74) is 1.18. The summed E-state index contributed by atoms with van der Waals surface area (Å²) in [6, 6.07) is 0. The third-order valence-electron chi connectivity index (χ3n) is 3.53. The lowest BCUT2D eigenvalue weighted by Gasteiger charge is -2.18. The standard InChI is InChI=1S/C13H18O3/c1-2-16-13(15)12-10-7-5-3-4-6-9(10)8-11(12)14/h8,10,12H,2-7H2,1H3/t10-,12-/m0/s1. The van der Waals surface area contributed by atoms with Crippen molar-refractivity contribution in [3.05, 3.63) is 11.6 Å². The van der Waals surface area contributed by atoms with Crippen LogP contribution in [0.2, 0.25) is 0 Å². The maximum absolute atomic E-state index is 11.8. The first kappa shape index (κ1) is 11.4. The molecule has 2 aliphatic carbocycles. The van der Waals surface area contributed by atoms with Gasteiger partial charge in [0.1, 0.15) is 5.92 Å². The summed E-state index contributed by atoms with van der Waals surface area (Å²) >= 11 is 0. The van der Waals surface area contributed by atoms with Gasteiger partial charge in [-0.1, -0.05) is 18.4 Å². The van der Waals surface area contributed by atoms with Crippen molar-refractivity contribution in [1.29, 1.82) is 0 Å². The molecule has 0 aromatic heterocycles. The van der Waals surface area contributed by atoms with E-state index < -0.39 is 5.92 Å². The maximum atomic E-state index is 11.8. The molecule has 88 valence electrons. The highest BCUT2D eigenvalue weighted by Gasteiger charge is 2.41. The quantitative estimate of drug-likeness (QED) is 0.531. The van der Waals surface area contributed by atoms with Gasteiger partial charge in [0.2, 0.25) is 0 Å². The second-order valence-corrected chi connectivity index (χ2v) is 4.56. The molecule has 0 amide bonds. The monoisotopic (exact) mass is 222 g/mol. The number of hydrogen-bond acceptors (Lipinski definition) is 3. The molecule has 3 heteroatoms. The summed E-state index contributed by atoms with van der Waals surface area (Å²) in [5.74, 6) is -0.770. The molecule has 0 saturated heterocycles. The minimum Gasteiger partial charge on any atom is -0.465 e. The zero-order valence-electron chi connectivity index (χ0n) is 9.70. The Kier molecular flexibility index (Phi) is 3.42. The lowest BCUT2D eigenvalue weighted by Crippen LogP contribution is -2.28. The van der Waals surface area contributed by atoms with E-state index in [-0.39, 0.29) is 17.7 Å². The van der Waals surface area contributed by atoms with Crippen LogP contribution in [-0.2, 0) is 14.3 Å². The first-order valence-corrected chi connectivity index (χ1v) is 6.15. The van der Waals surface area contributed by atoms with Crippen LogP contribution in [0.25, 0.3) is 0 Å². The van der Waals surface area contributed by atoms with Gasteiger partial charge < -0.3 is 4.74 Å². The molecule has 0 radical (unpaired) electrons. The molecule has 0 aliphatic heterocycles. The summed E-state index contributed by atoms with van der Waals surface area (Å²) in [6.07, 6.45) is 7.10. The van der Waals surface area contributed by atoms with Crippen LogP contribution in [0.5, 0.6) is 0 Å². The van der Waals surface area contributed by atoms with Crippen molar-refractivity contribution in [2.75, 3.05) is 6.61 Å². The normalized spacial score (nSPS) is 29.3. The van der Waals surface area contributed by atoms with E-state index in [9.17, 15) is 9.59 Å². The molecule has 0 aromatic carbocycles. The summed E-state index contributed by atoms with van der Waals surface area (Å²) in [4.78, 5) is 23.5. The van der Waals surface area contributed by atoms with Gasteiger partial charge >= 0.3 is 5.97 Å². The summed E-state index contributed by atoms with van der Waals surface area (Å²) in [5, 5.41) is 0. The second-order valence-electron chi connectivity index (χ2n) is 4.56. The van der Waals surface area contributed by atoms with Crippen molar-refractivity contribution in [2.45, 2.75) is 39.0 Å². The first-order chi connectivity index (χ1) is 7.74. The van der Waals surface area contributed by atoms with Gasteiger partial charge in [-0.05, 0) is 32.3 Å². The molecular formula is C13H18O3. The number of esters is 1. The van der Waals surface area contributed by atoms with Gasteiger partial charge in [-0.25, -0.2) is 0 Å². The Morgan fingerprint density at radius 3 is 3.00 bits per heavy atom. The fourth-order valence-corrected chi connectivity index (χ4v) is 2.78. The van der Waals surface area contributed by atoms with Crippen molar-refractivity contribution in [2.24, 2.45) is 11.8 Å². The minimum absolute atomic E-state index is 0.0413. The van der Waals surface area contributed by atoms with Crippen molar-refractivity contribution in [3.8, 4) is 0 Å². The Labute approximate surface area is 95.9 Å². The predicted octanol–water partition coefficient (Wildman–Crippen LogP) is 2.26. The molecule has 0 heterocycles. The molecule has 1 fully saturated rings. The van der Waals surface area contributed by atoms with Crippen molar-refractivity contribution < 1.29 is 14.3 Å². The van der Waals surface area contributed by atoms with E-state index in [1.54, 1.807) is 13.0 Å². The summed E-state index contributed by atoms with van der Waals surface area (Å²) in [6.45, 7) is 2.13. The molecule has 0 N–H and O–H groups in total. The molecule has 0 aromatic rings. The molecule has 2 rings (SSSR count). The van der Waals surface area contributed by atoms with Crippen LogP contribution in [0, 0.1) is 11.8 Å². The molecule has 0 unspecified atom stereocenters. The van der Waals surface area contributed by atoms with Crippen LogP contribution in [0.1, 0.15) is 39.0 Å². The van der Waals surface area contributed by atoms with Gasteiger partial charge in [0, 0.05) is 5.92 Å². The zero-order valence-corrected chi connectivity index (χ0v) is 9.70. The fourth-order valence-electron chi connectivity index (χ4n) is 2.78. The van der Waals surface area contributed by atoms with Gasteiger partial charge in [0.15, 0.2) is 5.78 Å². The number of carbonyl (C=O) groups is 2. The lowest BCUT2D eigenvalue weighted by molar-refractivity contribution is -0.151. The zero-order chi connectivity index (χ0) is 11.5. The molecular weight excluding hydrogens is 204 g/mol. The van der Waals surface area contributed by atoms with Crippen molar-refractivity contribution in [3.63, 3.8) is 0 Å². The number of ketones is 1. The summed E-state index contributed by atoms with van der Waals surface area (Å²) in [7, 11) is 0. The number of rotatable bonds is 2. The number of carbonyl (C=O) groups excluding carboxylic acids is 2. The van der Waals surface area contributed by atoms with E-state index in [2.05, 4.69) is 0 Å². The highest BCUT2D eigenvalue weighted by molar-refractivity contribution is 6.08. The van der Waals surface area contributed by atoms with Gasteiger partial charge in [0.05, 0.1) is 6.61 Å². The number of ether oxygens (including phenoxy) is 1. The van der Waals surface area contributed by atoms with Crippen molar-refractivity contribution >= 4 is 11.8 Å². The SMILES string of the molecule is CCOC(=O)[C@@H]1C(=O)C=C2CCCCC[C@@H]21. The Morgan fingerprint density at radius 2 is 2.25 bits per heavy atom. The van der Waals surface area contributed by atoms with E-state index in [4.69, 9.17) is 4.74 Å². The Bertz CT molecular complexity index is 330. The van der Waals surface area contributed by atoms with Crippen molar-refractivity contribution in [1.82, 2.24) is 0 Å². The minimum atomic E-state index is -0.534. The van der Waals surface area contributed by atoms with Crippen LogP contribution in [0.4, 0.5) is 0 Å². The molecule has 1 saturated carbocycles. The average molecular weight is 222 g/mol. The Balaban J connectivity index is 2.15. The molecule has 2 aliphatic rings. The van der Waals surface area contributed by atoms with Crippen LogP contribution in [-0.4, -0.2) is 18.4 Å². The third kappa shape index (κ3) is 2.04. The predicted molar refractivity (Wildman–Crippen MR) is 59.8 cm³/mol. The fraction of sp³-hybridized carbons (Fsp3) is 0.692.